The van der Waals surface area contributed by atoms with Gasteiger partial charge in [-0.2, -0.15) is 5.10 Å². The standard InChI is InChI=1S/C17H19FN4O/c1-10-9-13(18)5-6-14(10)11(2)19-17(23)20-16-8-7-15(21-22-16)12-3-4-12/h5-9,11-12H,3-4H2,1-2H3,(H2,19,20,22,23)/t11-/m1/s1. The summed E-state index contributed by atoms with van der Waals surface area (Å²) in [6.07, 6.45) is 2.33. The number of nitrogens with one attached hydrogen (secondary N) is 2. The zero-order valence-electron chi connectivity index (χ0n) is 13.1. The second kappa shape index (κ2) is 6.32. The highest BCUT2D eigenvalue weighted by molar-refractivity contribution is 5.88. The molecule has 0 bridgehead atoms. The van der Waals surface area contributed by atoms with Gasteiger partial charge in [0.2, 0.25) is 0 Å². The highest BCUT2D eigenvalue weighted by Gasteiger charge is 2.25. The molecule has 3 rings (SSSR count). The molecule has 0 radical (unpaired) electrons. The van der Waals surface area contributed by atoms with E-state index in [0.717, 1.165) is 29.7 Å². The van der Waals surface area contributed by atoms with Crippen molar-refractivity contribution in [2.45, 2.75) is 38.6 Å². The van der Waals surface area contributed by atoms with Crippen molar-refractivity contribution in [1.29, 1.82) is 0 Å². The van der Waals surface area contributed by atoms with E-state index >= 15 is 0 Å². The largest absolute Gasteiger partial charge is 0.331 e. The van der Waals surface area contributed by atoms with Crippen LogP contribution in [0.4, 0.5) is 15.0 Å². The summed E-state index contributed by atoms with van der Waals surface area (Å²) in [4.78, 5) is 12.0. The third-order valence-electron chi connectivity index (χ3n) is 3.97. The van der Waals surface area contributed by atoms with Crippen LogP contribution in [0.5, 0.6) is 0 Å². The molecule has 2 amide bonds. The number of carbonyl (C=O) groups is 1. The van der Waals surface area contributed by atoms with Crippen LogP contribution < -0.4 is 10.6 Å². The van der Waals surface area contributed by atoms with E-state index in [2.05, 4.69) is 20.8 Å². The molecule has 6 heteroatoms. The fourth-order valence-corrected chi connectivity index (χ4v) is 2.56. The molecule has 120 valence electrons. The molecule has 0 spiro atoms. The van der Waals surface area contributed by atoms with Gasteiger partial charge in [0.15, 0.2) is 5.82 Å². The van der Waals surface area contributed by atoms with E-state index in [4.69, 9.17) is 0 Å². The molecule has 1 aromatic heterocycles. The minimum Gasteiger partial charge on any atom is -0.331 e. The molecule has 23 heavy (non-hydrogen) atoms. The number of hydrogen-bond acceptors (Lipinski definition) is 3. The Balaban J connectivity index is 1.59. The van der Waals surface area contributed by atoms with Gasteiger partial charge in [-0.3, -0.25) is 5.32 Å². The smallest absolute Gasteiger partial charge is 0.320 e. The Kier molecular flexibility index (Phi) is 4.23. The fraction of sp³-hybridized carbons (Fsp3) is 0.353. The van der Waals surface area contributed by atoms with Gasteiger partial charge in [0, 0.05) is 5.92 Å². The number of anilines is 1. The van der Waals surface area contributed by atoms with Gasteiger partial charge >= 0.3 is 6.03 Å². The average molecular weight is 314 g/mol. The van der Waals surface area contributed by atoms with E-state index in [1.54, 1.807) is 12.1 Å². The van der Waals surface area contributed by atoms with Crippen molar-refractivity contribution in [3.8, 4) is 0 Å². The van der Waals surface area contributed by atoms with Crippen molar-refractivity contribution in [3.63, 3.8) is 0 Å². The summed E-state index contributed by atoms with van der Waals surface area (Å²) in [6.45, 7) is 3.66. The van der Waals surface area contributed by atoms with E-state index in [1.165, 1.54) is 12.1 Å². The van der Waals surface area contributed by atoms with Crippen molar-refractivity contribution in [2.24, 2.45) is 0 Å². The number of amides is 2. The number of hydrogen-bond donors (Lipinski definition) is 2. The molecule has 2 aromatic rings. The lowest BCUT2D eigenvalue weighted by atomic mass is 10.0. The molecule has 2 N–H and O–H groups in total. The van der Waals surface area contributed by atoms with Crippen molar-refractivity contribution in [2.75, 3.05) is 5.32 Å². The van der Waals surface area contributed by atoms with E-state index in [9.17, 15) is 9.18 Å². The minimum absolute atomic E-state index is 0.241. The van der Waals surface area contributed by atoms with E-state index < -0.39 is 0 Å². The minimum atomic E-state index is -0.366. The van der Waals surface area contributed by atoms with E-state index in [-0.39, 0.29) is 17.9 Å². The normalized spacial score (nSPS) is 15.1. The lowest BCUT2D eigenvalue weighted by Crippen LogP contribution is -2.31. The van der Waals surface area contributed by atoms with Gasteiger partial charge in [0.1, 0.15) is 5.82 Å². The van der Waals surface area contributed by atoms with Gasteiger partial charge in [-0.25, -0.2) is 9.18 Å². The maximum absolute atomic E-state index is 13.1. The number of halogens is 1. The Morgan fingerprint density at radius 3 is 2.65 bits per heavy atom. The van der Waals surface area contributed by atoms with Crippen LogP contribution >= 0.6 is 0 Å². The maximum Gasteiger partial charge on any atom is 0.320 e. The Hall–Kier alpha value is -2.50. The Morgan fingerprint density at radius 2 is 2.04 bits per heavy atom. The Bertz CT molecular complexity index is 713. The summed E-state index contributed by atoms with van der Waals surface area (Å²) >= 11 is 0. The number of aryl methyl sites for hydroxylation is 1. The second-order valence-electron chi connectivity index (χ2n) is 5.94. The highest BCUT2D eigenvalue weighted by Crippen LogP contribution is 2.38. The first-order valence-corrected chi connectivity index (χ1v) is 7.70. The number of nitrogens with zero attached hydrogens (tertiary/aromatic N) is 2. The van der Waals surface area contributed by atoms with Crippen molar-refractivity contribution >= 4 is 11.8 Å². The number of rotatable bonds is 4. The molecule has 1 aliphatic rings. The van der Waals surface area contributed by atoms with Crippen molar-refractivity contribution in [3.05, 3.63) is 53.0 Å². The lowest BCUT2D eigenvalue weighted by molar-refractivity contribution is 0.249. The van der Waals surface area contributed by atoms with Gasteiger partial charge in [-0.05, 0) is 62.1 Å². The predicted molar refractivity (Wildman–Crippen MR) is 85.7 cm³/mol. The van der Waals surface area contributed by atoms with Gasteiger partial charge in [0.05, 0.1) is 11.7 Å². The summed E-state index contributed by atoms with van der Waals surface area (Å²) in [5, 5.41) is 13.6. The Labute approximate surface area is 134 Å². The van der Waals surface area contributed by atoms with Crippen molar-refractivity contribution < 1.29 is 9.18 Å². The molecule has 1 aliphatic carbocycles. The number of benzene rings is 1. The fourth-order valence-electron chi connectivity index (χ4n) is 2.56. The summed E-state index contributed by atoms with van der Waals surface area (Å²) in [7, 11) is 0. The first kappa shape index (κ1) is 15.4. The summed E-state index contributed by atoms with van der Waals surface area (Å²) in [5.41, 5.74) is 2.65. The second-order valence-corrected chi connectivity index (χ2v) is 5.94. The molecule has 1 heterocycles. The summed E-state index contributed by atoms with van der Waals surface area (Å²) in [5.74, 6) is 0.663. The molecule has 1 fully saturated rings. The third-order valence-corrected chi connectivity index (χ3v) is 3.97. The quantitative estimate of drug-likeness (QED) is 0.904. The zero-order chi connectivity index (χ0) is 16.4. The van der Waals surface area contributed by atoms with Gasteiger partial charge in [-0.15, -0.1) is 5.10 Å². The number of carbonyl (C=O) groups excluding carboxylic acids is 1. The van der Waals surface area contributed by atoms with Gasteiger partial charge < -0.3 is 5.32 Å². The third kappa shape index (κ3) is 3.83. The maximum atomic E-state index is 13.1. The topological polar surface area (TPSA) is 66.9 Å². The van der Waals surface area contributed by atoms with E-state index in [0.29, 0.717) is 11.7 Å². The molecule has 0 unspecified atom stereocenters. The Morgan fingerprint density at radius 1 is 1.26 bits per heavy atom. The van der Waals surface area contributed by atoms with Gasteiger partial charge in [-0.1, -0.05) is 6.07 Å². The van der Waals surface area contributed by atoms with Crippen LogP contribution in [-0.4, -0.2) is 16.2 Å². The zero-order valence-corrected chi connectivity index (χ0v) is 13.1. The van der Waals surface area contributed by atoms with Crippen LogP contribution in [0.3, 0.4) is 0 Å². The van der Waals surface area contributed by atoms with Crippen LogP contribution in [0, 0.1) is 12.7 Å². The summed E-state index contributed by atoms with van der Waals surface area (Å²) in [6, 6.07) is 7.57. The monoisotopic (exact) mass is 314 g/mol. The average Bonchev–Trinajstić information content (AvgIpc) is 3.32. The number of aromatic nitrogens is 2. The molecular formula is C17H19FN4O. The SMILES string of the molecule is Cc1cc(F)ccc1[C@@H](C)NC(=O)Nc1ccc(C2CC2)nn1. The molecule has 0 aliphatic heterocycles. The van der Waals surface area contributed by atoms with Crippen LogP contribution in [0.2, 0.25) is 0 Å². The highest BCUT2D eigenvalue weighted by atomic mass is 19.1. The van der Waals surface area contributed by atoms with Crippen LogP contribution in [-0.2, 0) is 0 Å². The molecular weight excluding hydrogens is 295 g/mol. The van der Waals surface area contributed by atoms with Crippen LogP contribution in [0.1, 0.15) is 48.5 Å². The molecule has 1 saturated carbocycles. The van der Waals surface area contributed by atoms with Crippen LogP contribution in [0.25, 0.3) is 0 Å². The molecule has 1 atom stereocenters. The number of urea groups is 1. The first-order valence-electron chi connectivity index (χ1n) is 7.70. The molecule has 0 saturated heterocycles. The van der Waals surface area contributed by atoms with E-state index in [1.807, 2.05) is 19.9 Å². The predicted octanol–water partition coefficient (Wildman–Crippen LogP) is 3.68. The summed E-state index contributed by atoms with van der Waals surface area (Å²) < 4.78 is 13.1. The van der Waals surface area contributed by atoms with Gasteiger partial charge in [0.25, 0.3) is 0 Å². The van der Waals surface area contributed by atoms with Crippen molar-refractivity contribution in [1.82, 2.24) is 15.5 Å². The molecule has 1 aromatic carbocycles. The van der Waals surface area contributed by atoms with Crippen LogP contribution in [0.15, 0.2) is 30.3 Å². The molecule has 5 nitrogen and oxygen atoms in total. The first-order chi connectivity index (χ1) is 11.0. The lowest BCUT2D eigenvalue weighted by Gasteiger charge is -2.17.